The molecule has 1 aliphatic rings. The van der Waals surface area contributed by atoms with Crippen LogP contribution >= 0.6 is 24.8 Å². The number of halogens is 2. The van der Waals surface area contributed by atoms with Crippen molar-refractivity contribution in [3.63, 3.8) is 0 Å². The molecule has 2 rings (SSSR count). The summed E-state index contributed by atoms with van der Waals surface area (Å²) in [6.45, 7) is 1.90. The van der Waals surface area contributed by atoms with Gasteiger partial charge in [-0.05, 0) is 17.7 Å². The highest BCUT2D eigenvalue weighted by Crippen LogP contribution is 2.09. The zero-order chi connectivity index (χ0) is 11.4. The van der Waals surface area contributed by atoms with Gasteiger partial charge in [0.15, 0.2) is 5.84 Å². The normalized spacial score (nSPS) is 12.6. The molecule has 7 heteroatoms. The van der Waals surface area contributed by atoms with Gasteiger partial charge in [-0.3, -0.25) is 9.79 Å². The van der Waals surface area contributed by atoms with Gasteiger partial charge in [0.2, 0.25) is 0 Å². The number of amidine groups is 1. The van der Waals surface area contributed by atoms with Gasteiger partial charge in [-0.2, -0.15) is 0 Å². The van der Waals surface area contributed by atoms with Crippen LogP contribution in [0.1, 0.15) is 5.56 Å². The summed E-state index contributed by atoms with van der Waals surface area (Å²) in [6, 6.07) is 7.43. The predicted molar refractivity (Wildman–Crippen MR) is 77.8 cm³/mol. The van der Waals surface area contributed by atoms with E-state index in [-0.39, 0.29) is 30.7 Å². The summed E-state index contributed by atoms with van der Waals surface area (Å²) >= 11 is 0. The number of hydrogen-bond acceptors (Lipinski definition) is 4. The molecule has 0 saturated carbocycles. The highest BCUT2D eigenvalue weighted by Gasteiger charge is 2.14. The molecule has 0 bridgehead atoms. The fourth-order valence-electron chi connectivity index (χ4n) is 1.46. The van der Waals surface area contributed by atoms with Crippen molar-refractivity contribution >= 4 is 42.2 Å². The summed E-state index contributed by atoms with van der Waals surface area (Å²) in [4.78, 5) is 15.7. The molecule has 1 aliphatic heterocycles. The highest BCUT2D eigenvalue weighted by molar-refractivity contribution is 6.42. The van der Waals surface area contributed by atoms with E-state index in [0.717, 1.165) is 17.8 Å². The van der Waals surface area contributed by atoms with Crippen LogP contribution in [0.2, 0.25) is 0 Å². The molecule has 0 aromatic heterocycles. The van der Waals surface area contributed by atoms with Crippen molar-refractivity contribution in [2.24, 2.45) is 10.7 Å². The molecular weight excluding hydrogens is 275 g/mol. The summed E-state index contributed by atoms with van der Waals surface area (Å²) < 4.78 is 0. The first-order valence-corrected chi connectivity index (χ1v) is 5.18. The van der Waals surface area contributed by atoms with Gasteiger partial charge in [0.1, 0.15) is 0 Å². The lowest BCUT2D eigenvalue weighted by Gasteiger charge is -2.05. The molecule has 4 N–H and O–H groups in total. The minimum atomic E-state index is -0.196. The lowest BCUT2D eigenvalue weighted by Crippen LogP contribution is -2.32. The first-order valence-electron chi connectivity index (χ1n) is 5.18. The summed E-state index contributed by atoms with van der Waals surface area (Å²) in [5.74, 6) is 0.209. The quantitative estimate of drug-likeness (QED) is 0.775. The van der Waals surface area contributed by atoms with E-state index in [9.17, 15) is 4.79 Å². The number of carbonyl (C=O) groups excluding carboxylic acids is 1. The maximum absolute atomic E-state index is 11.6. The van der Waals surface area contributed by atoms with Crippen LogP contribution in [0.5, 0.6) is 0 Å². The van der Waals surface area contributed by atoms with Gasteiger partial charge in [0, 0.05) is 18.8 Å². The molecule has 5 nitrogen and oxygen atoms in total. The predicted octanol–water partition coefficient (Wildman–Crippen LogP) is 0.929. The van der Waals surface area contributed by atoms with E-state index >= 15 is 0 Å². The Balaban J connectivity index is 0.00000144. The largest absolute Gasteiger partial charge is 0.364 e. The van der Waals surface area contributed by atoms with E-state index in [1.807, 2.05) is 24.3 Å². The Morgan fingerprint density at radius 1 is 1.33 bits per heavy atom. The maximum atomic E-state index is 11.6. The van der Waals surface area contributed by atoms with Crippen molar-refractivity contribution in [2.45, 2.75) is 6.54 Å². The molecule has 100 valence electrons. The molecule has 1 heterocycles. The van der Waals surface area contributed by atoms with Crippen LogP contribution in [0.3, 0.4) is 0 Å². The second kappa shape index (κ2) is 7.92. The monoisotopic (exact) mass is 290 g/mol. The Morgan fingerprint density at radius 2 is 2.00 bits per heavy atom. The van der Waals surface area contributed by atoms with E-state index in [2.05, 4.69) is 15.6 Å². The number of nitrogens with zero attached hydrogens (tertiary/aromatic N) is 1. The first-order chi connectivity index (χ1) is 7.79. The van der Waals surface area contributed by atoms with E-state index in [1.165, 1.54) is 0 Å². The van der Waals surface area contributed by atoms with E-state index in [4.69, 9.17) is 5.73 Å². The number of amides is 1. The third kappa shape index (κ3) is 4.18. The summed E-state index contributed by atoms with van der Waals surface area (Å²) in [7, 11) is 0. The van der Waals surface area contributed by atoms with Gasteiger partial charge in [0.05, 0.1) is 6.54 Å². The van der Waals surface area contributed by atoms with Crippen LogP contribution in [-0.2, 0) is 11.3 Å². The van der Waals surface area contributed by atoms with Crippen LogP contribution < -0.4 is 16.4 Å². The zero-order valence-electron chi connectivity index (χ0n) is 9.68. The number of carbonyl (C=O) groups is 1. The number of hydrogen-bond donors (Lipinski definition) is 3. The molecule has 0 aliphatic carbocycles. The van der Waals surface area contributed by atoms with Gasteiger partial charge >= 0.3 is 0 Å². The Morgan fingerprint density at radius 3 is 2.50 bits per heavy atom. The molecule has 0 fully saturated rings. The Kier molecular flexibility index (Phi) is 7.35. The smallest absolute Gasteiger partial charge is 0.290 e. The third-order valence-corrected chi connectivity index (χ3v) is 2.34. The average Bonchev–Trinajstić information content (AvgIpc) is 2.83. The van der Waals surface area contributed by atoms with Gasteiger partial charge < -0.3 is 16.4 Å². The SMILES string of the molecule is Cl.Cl.NCc1ccc(NC(=O)C2=NCCN2)cc1. The molecule has 0 unspecified atom stereocenters. The van der Waals surface area contributed by atoms with Crippen LogP contribution in [0.4, 0.5) is 5.69 Å². The minimum Gasteiger partial charge on any atom is -0.364 e. The van der Waals surface area contributed by atoms with Gasteiger partial charge in [-0.15, -0.1) is 24.8 Å². The number of benzene rings is 1. The summed E-state index contributed by atoms with van der Waals surface area (Å²) in [6.07, 6.45) is 0. The molecule has 0 atom stereocenters. The number of nitrogens with two attached hydrogens (primary N) is 1. The van der Waals surface area contributed by atoms with Crippen LogP contribution in [0.25, 0.3) is 0 Å². The van der Waals surface area contributed by atoms with Gasteiger partial charge in [0.25, 0.3) is 5.91 Å². The van der Waals surface area contributed by atoms with E-state index < -0.39 is 0 Å². The van der Waals surface area contributed by atoms with Crippen molar-refractivity contribution in [3.8, 4) is 0 Å². The lowest BCUT2D eigenvalue weighted by molar-refractivity contribution is -0.110. The summed E-state index contributed by atoms with van der Waals surface area (Å²) in [5.41, 5.74) is 7.27. The van der Waals surface area contributed by atoms with Crippen LogP contribution in [0.15, 0.2) is 29.3 Å². The van der Waals surface area contributed by atoms with Crippen molar-refractivity contribution in [1.29, 1.82) is 0 Å². The topological polar surface area (TPSA) is 79.5 Å². The molecule has 0 spiro atoms. The van der Waals surface area contributed by atoms with E-state index in [0.29, 0.717) is 18.9 Å². The molecule has 1 aromatic rings. The van der Waals surface area contributed by atoms with Crippen molar-refractivity contribution in [3.05, 3.63) is 29.8 Å². The standard InChI is InChI=1S/C11H14N4O.2ClH/c12-7-8-1-3-9(4-2-8)15-11(16)10-13-5-6-14-10;;/h1-4H,5-7,12H2,(H,13,14)(H,15,16);2*1H. The van der Waals surface area contributed by atoms with E-state index in [1.54, 1.807) is 0 Å². The van der Waals surface area contributed by atoms with Crippen molar-refractivity contribution in [2.75, 3.05) is 18.4 Å². The molecule has 0 saturated heterocycles. The Hall–Kier alpha value is -1.30. The second-order valence-corrected chi connectivity index (χ2v) is 3.51. The summed E-state index contributed by atoms with van der Waals surface area (Å²) in [5, 5.41) is 5.68. The fourth-order valence-corrected chi connectivity index (χ4v) is 1.46. The van der Waals surface area contributed by atoms with Crippen molar-refractivity contribution in [1.82, 2.24) is 5.32 Å². The molecular formula is C11H16Cl2N4O. The van der Waals surface area contributed by atoms with Gasteiger partial charge in [-0.1, -0.05) is 12.1 Å². The number of rotatable bonds is 3. The Labute approximate surface area is 118 Å². The average molecular weight is 291 g/mol. The number of aliphatic imine (C=N–C) groups is 1. The number of anilines is 1. The molecule has 1 amide bonds. The van der Waals surface area contributed by atoms with Crippen molar-refractivity contribution < 1.29 is 4.79 Å². The second-order valence-electron chi connectivity index (χ2n) is 3.51. The third-order valence-electron chi connectivity index (χ3n) is 2.34. The lowest BCUT2D eigenvalue weighted by atomic mass is 10.2. The highest BCUT2D eigenvalue weighted by atomic mass is 35.5. The number of nitrogens with one attached hydrogen (secondary N) is 2. The van der Waals surface area contributed by atoms with Gasteiger partial charge in [-0.25, -0.2) is 0 Å². The zero-order valence-corrected chi connectivity index (χ0v) is 11.3. The molecule has 18 heavy (non-hydrogen) atoms. The van der Waals surface area contributed by atoms with Crippen LogP contribution in [0, 0.1) is 0 Å². The molecule has 1 aromatic carbocycles. The first kappa shape index (κ1) is 16.7. The Bertz CT molecular complexity index is 420. The minimum absolute atomic E-state index is 0. The molecule has 0 radical (unpaired) electrons. The fraction of sp³-hybridized carbons (Fsp3) is 0.273. The van der Waals surface area contributed by atoms with Crippen LogP contribution in [-0.4, -0.2) is 24.8 Å². The maximum Gasteiger partial charge on any atom is 0.290 e.